The van der Waals surface area contributed by atoms with Crippen LogP contribution in [-0.2, 0) is 4.74 Å². The molecule has 0 saturated heterocycles. The molecule has 1 rings (SSSR count). The number of nitrogen functional groups attached to an aromatic ring is 1. The monoisotopic (exact) mass is 261 g/mol. The molecular formula is C9H9BrFNO2. The number of hydrogen-bond acceptors (Lipinski definition) is 3. The predicted molar refractivity (Wildman–Crippen MR) is 54.5 cm³/mol. The van der Waals surface area contributed by atoms with Crippen molar-refractivity contribution in [1.29, 1.82) is 0 Å². The Morgan fingerprint density at radius 1 is 1.64 bits per heavy atom. The summed E-state index contributed by atoms with van der Waals surface area (Å²) in [7, 11) is 0. The molecule has 0 radical (unpaired) electrons. The fourth-order valence-electron chi connectivity index (χ4n) is 0.936. The van der Waals surface area contributed by atoms with Gasteiger partial charge in [-0.25, -0.2) is 9.18 Å². The molecule has 1 aromatic rings. The SMILES string of the molecule is CCOC(=O)c1ccc(Br)c(N)c1F. The summed E-state index contributed by atoms with van der Waals surface area (Å²) >= 11 is 3.05. The van der Waals surface area contributed by atoms with Crippen LogP contribution in [0.15, 0.2) is 16.6 Å². The van der Waals surface area contributed by atoms with Crippen molar-refractivity contribution in [2.75, 3.05) is 12.3 Å². The van der Waals surface area contributed by atoms with Gasteiger partial charge in [0.1, 0.15) is 0 Å². The van der Waals surface area contributed by atoms with Crippen LogP contribution in [-0.4, -0.2) is 12.6 Å². The van der Waals surface area contributed by atoms with E-state index in [2.05, 4.69) is 20.7 Å². The highest BCUT2D eigenvalue weighted by Crippen LogP contribution is 2.25. The Kier molecular flexibility index (Phi) is 3.46. The second kappa shape index (κ2) is 4.41. The zero-order chi connectivity index (χ0) is 10.7. The molecule has 3 nitrogen and oxygen atoms in total. The van der Waals surface area contributed by atoms with Crippen LogP contribution in [0.5, 0.6) is 0 Å². The summed E-state index contributed by atoms with van der Waals surface area (Å²) in [6.07, 6.45) is 0. The normalized spacial score (nSPS) is 9.93. The summed E-state index contributed by atoms with van der Waals surface area (Å²) in [6.45, 7) is 1.85. The van der Waals surface area contributed by atoms with E-state index in [-0.39, 0.29) is 17.9 Å². The number of hydrogen-bond donors (Lipinski definition) is 1. The van der Waals surface area contributed by atoms with Crippen LogP contribution in [0.4, 0.5) is 10.1 Å². The lowest BCUT2D eigenvalue weighted by Gasteiger charge is -2.05. The molecule has 0 aliphatic rings. The maximum Gasteiger partial charge on any atom is 0.341 e. The first-order valence-corrected chi connectivity index (χ1v) is 4.77. The Morgan fingerprint density at radius 3 is 2.86 bits per heavy atom. The first-order valence-electron chi connectivity index (χ1n) is 3.98. The van der Waals surface area contributed by atoms with Gasteiger partial charge in [0.15, 0.2) is 5.82 Å². The molecule has 0 saturated carbocycles. The first-order chi connectivity index (χ1) is 6.57. The van der Waals surface area contributed by atoms with Crippen molar-refractivity contribution in [3.05, 3.63) is 28.0 Å². The number of nitrogens with two attached hydrogens (primary N) is 1. The number of esters is 1. The van der Waals surface area contributed by atoms with Gasteiger partial charge in [-0.3, -0.25) is 0 Å². The van der Waals surface area contributed by atoms with Gasteiger partial charge in [0.2, 0.25) is 0 Å². The Balaban J connectivity index is 3.11. The maximum atomic E-state index is 13.4. The number of rotatable bonds is 2. The lowest BCUT2D eigenvalue weighted by atomic mass is 10.2. The Morgan fingerprint density at radius 2 is 2.29 bits per heavy atom. The van der Waals surface area contributed by atoms with Crippen molar-refractivity contribution in [2.45, 2.75) is 6.92 Å². The fraction of sp³-hybridized carbons (Fsp3) is 0.222. The topological polar surface area (TPSA) is 52.3 Å². The highest BCUT2D eigenvalue weighted by Gasteiger charge is 2.16. The highest BCUT2D eigenvalue weighted by molar-refractivity contribution is 9.10. The van der Waals surface area contributed by atoms with Crippen LogP contribution < -0.4 is 5.73 Å². The summed E-state index contributed by atoms with van der Waals surface area (Å²) in [5.41, 5.74) is 5.15. The maximum absolute atomic E-state index is 13.4. The zero-order valence-electron chi connectivity index (χ0n) is 7.51. The summed E-state index contributed by atoms with van der Waals surface area (Å²) in [5, 5.41) is 0. The average Bonchev–Trinajstić information content (AvgIpc) is 2.15. The Labute approximate surface area is 89.2 Å². The van der Waals surface area contributed by atoms with Crippen molar-refractivity contribution < 1.29 is 13.9 Å². The second-order valence-corrected chi connectivity index (χ2v) is 3.40. The molecule has 1 aromatic carbocycles. The van der Waals surface area contributed by atoms with Crippen LogP contribution in [0.2, 0.25) is 0 Å². The minimum Gasteiger partial charge on any atom is -0.462 e. The third kappa shape index (κ3) is 2.04. The van der Waals surface area contributed by atoms with Crippen molar-refractivity contribution in [3.63, 3.8) is 0 Å². The molecule has 0 unspecified atom stereocenters. The minimum atomic E-state index is -0.752. The van der Waals surface area contributed by atoms with E-state index < -0.39 is 11.8 Å². The van der Waals surface area contributed by atoms with E-state index in [1.165, 1.54) is 12.1 Å². The van der Waals surface area contributed by atoms with Gasteiger partial charge < -0.3 is 10.5 Å². The van der Waals surface area contributed by atoms with E-state index in [4.69, 9.17) is 5.73 Å². The van der Waals surface area contributed by atoms with Gasteiger partial charge in [-0.15, -0.1) is 0 Å². The van der Waals surface area contributed by atoms with Crippen molar-refractivity contribution in [3.8, 4) is 0 Å². The van der Waals surface area contributed by atoms with E-state index in [9.17, 15) is 9.18 Å². The van der Waals surface area contributed by atoms with Gasteiger partial charge in [-0.05, 0) is 35.0 Å². The average molecular weight is 262 g/mol. The number of anilines is 1. The molecule has 0 atom stereocenters. The lowest BCUT2D eigenvalue weighted by molar-refractivity contribution is 0.0521. The molecule has 5 heteroatoms. The number of benzene rings is 1. The standard InChI is InChI=1S/C9H9BrFNO2/c1-2-14-9(13)5-3-4-6(10)8(12)7(5)11/h3-4H,2,12H2,1H3. The molecule has 0 aliphatic carbocycles. The van der Waals surface area contributed by atoms with Crippen molar-refractivity contribution in [1.82, 2.24) is 0 Å². The molecule has 0 bridgehead atoms. The highest BCUT2D eigenvalue weighted by atomic mass is 79.9. The minimum absolute atomic E-state index is 0.0875. The van der Waals surface area contributed by atoms with Crippen molar-refractivity contribution in [2.24, 2.45) is 0 Å². The van der Waals surface area contributed by atoms with E-state index >= 15 is 0 Å². The van der Waals surface area contributed by atoms with Gasteiger partial charge in [-0.1, -0.05) is 0 Å². The zero-order valence-corrected chi connectivity index (χ0v) is 9.10. The lowest BCUT2D eigenvalue weighted by Crippen LogP contribution is -2.09. The molecular weight excluding hydrogens is 253 g/mol. The molecule has 0 heterocycles. The van der Waals surface area contributed by atoms with E-state index in [1.54, 1.807) is 6.92 Å². The quantitative estimate of drug-likeness (QED) is 0.657. The van der Waals surface area contributed by atoms with Crippen LogP contribution in [0.1, 0.15) is 17.3 Å². The van der Waals surface area contributed by atoms with E-state index in [1.807, 2.05) is 0 Å². The predicted octanol–water partition coefficient (Wildman–Crippen LogP) is 2.35. The third-order valence-electron chi connectivity index (χ3n) is 1.62. The number of halogens is 2. The molecule has 0 aliphatic heterocycles. The van der Waals surface area contributed by atoms with Crippen LogP contribution >= 0.6 is 15.9 Å². The van der Waals surface area contributed by atoms with Crippen molar-refractivity contribution >= 4 is 27.6 Å². The third-order valence-corrected chi connectivity index (χ3v) is 2.31. The molecule has 14 heavy (non-hydrogen) atoms. The van der Waals surface area contributed by atoms with Gasteiger partial charge in [0.05, 0.1) is 17.9 Å². The number of carbonyl (C=O) groups is 1. The largest absolute Gasteiger partial charge is 0.462 e. The molecule has 0 aromatic heterocycles. The molecule has 0 spiro atoms. The van der Waals surface area contributed by atoms with E-state index in [0.29, 0.717) is 4.47 Å². The number of carbonyl (C=O) groups excluding carboxylic acids is 1. The first kappa shape index (κ1) is 11.0. The summed E-state index contributed by atoms with van der Waals surface area (Å²) in [6, 6.07) is 2.83. The Bertz CT molecular complexity index is 368. The van der Waals surface area contributed by atoms with Gasteiger partial charge in [-0.2, -0.15) is 0 Å². The number of ether oxygens (including phenoxy) is 1. The molecule has 0 amide bonds. The van der Waals surface area contributed by atoms with Crippen LogP contribution in [0.3, 0.4) is 0 Å². The summed E-state index contributed by atoms with van der Waals surface area (Å²) < 4.78 is 18.5. The van der Waals surface area contributed by atoms with Gasteiger partial charge >= 0.3 is 5.97 Å². The smallest absolute Gasteiger partial charge is 0.341 e. The van der Waals surface area contributed by atoms with Crippen LogP contribution in [0.25, 0.3) is 0 Å². The fourth-order valence-corrected chi connectivity index (χ4v) is 1.24. The summed E-state index contributed by atoms with van der Waals surface area (Å²) in [4.78, 5) is 11.2. The molecule has 76 valence electrons. The summed E-state index contributed by atoms with van der Waals surface area (Å²) in [5.74, 6) is -1.46. The van der Waals surface area contributed by atoms with Gasteiger partial charge in [0, 0.05) is 4.47 Å². The molecule has 0 fully saturated rings. The van der Waals surface area contributed by atoms with Crippen LogP contribution in [0, 0.1) is 5.82 Å². The Hall–Kier alpha value is -1.10. The second-order valence-electron chi connectivity index (χ2n) is 2.54. The van der Waals surface area contributed by atoms with Gasteiger partial charge in [0.25, 0.3) is 0 Å². The van der Waals surface area contributed by atoms with E-state index in [0.717, 1.165) is 0 Å². The molecule has 2 N–H and O–H groups in total.